The van der Waals surface area contributed by atoms with Crippen LogP contribution in [0.2, 0.25) is 0 Å². The summed E-state index contributed by atoms with van der Waals surface area (Å²) in [6.07, 6.45) is -0.479. The maximum atomic E-state index is 12.3. The minimum atomic E-state index is -2.57. The summed E-state index contributed by atoms with van der Waals surface area (Å²) in [6, 6.07) is 2.85. The van der Waals surface area contributed by atoms with Crippen molar-refractivity contribution in [3.8, 4) is 0 Å². The van der Waals surface area contributed by atoms with E-state index in [1.165, 1.54) is 18.3 Å². The van der Waals surface area contributed by atoms with Gasteiger partial charge in [0.2, 0.25) is 0 Å². The van der Waals surface area contributed by atoms with Gasteiger partial charge in [-0.25, -0.2) is 13.6 Å². The number of aromatic nitrogens is 1. The number of aliphatic carboxylic acids is 1. The molecule has 1 fully saturated rings. The molecule has 1 saturated carbocycles. The summed E-state index contributed by atoms with van der Waals surface area (Å²) >= 11 is 0. The van der Waals surface area contributed by atoms with E-state index in [0.29, 0.717) is 12.8 Å². The standard InChI is InChI=1S/C11H12F2N2O3/c12-8(13)6-15-5-1-2-7(15)9(16)14-11(3-4-11)10(17)18/h1-2,5,8H,3-4,6H2,(H,14,16)(H,17,18). The zero-order valence-electron chi connectivity index (χ0n) is 9.40. The molecule has 7 heteroatoms. The van der Waals surface area contributed by atoms with Crippen molar-refractivity contribution >= 4 is 11.9 Å². The molecule has 1 aliphatic rings. The first kappa shape index (κ1) is 12.5. The van der Waals surface area contributed by atoms with Crippen molar-refractivity contribution in [2.45, 2.75) is 31.4 Å². The van der Waals surface area contributed by atoms with Gasteiger partial charge in [-0.2, -0.15) is 0 Å². The summed E-state index contributed by atoms with van der Waals surface area (Å²) in [6.45, 7) is -0.587. The van der Waals surface area contributed by atoms with E-state index in [1.54, 1.807) is 0 Å². The van der Waals surface area contributed by atoms with Crippen LogP contribution in [0.5, 0.6) is 0 Å². The Balaban J connectivity index is 2.10. The molecule has 0 radical (unpaired) electrons. The van der Waals surface area contributed by atoms with Crippen LogP contribution < -0.4 is 5.32 Å². The fraction of sp³-hybridized carbons (Fsp3) is 0.455. The second-order valence-corrected chi connectivity index (χ2v) is 4.28. The molecule has 5 nitrogen and oxygen atoms in total. The molecule has 2 N–H and O–H groups in total. The van der Waals surface area contributed by atoms with E-state index in [9.17, 15) is 18.4 Å². The smallest absolute Gasteiger partial charge is 0.329 e. The molecule has 0 bridgehead atoms. The first-order valence-corrected chi connectivity index (χ1v) is 5.44. The van der Waals surface area contributed by atoms with Crippen LogP contribution in [0.3, 0.4) is 0 Å². The van der Waals surface area contributed by atoms with Crippen LogP contribution >= 0.6 is 0 Å². The van der Waals surface area contributed by atoms with E-state index in [-0.39, 0.29) is 5.69 Å². The number of carbonyl (C=O) groups excluding carboxylic acids is 1. The van der Waals surface area contributed by atoms with Crippen LogP contribution in [-0.4, -0.2) is 33.5 Å². The highest BCUT2D eigenvalue weighted by molar-refractivity contribution is 5.97. The van der Waals surface area contributed by atoms with Crippen LogP contribution in [0.25, 0.3) is 0 Å². The molecule has 1 aromatic rings. The van der Waals surface area contributed by atoms with Crippen molar-refractivity contribution in [1.29, 1.82) is 0 Å². The first-order chi connectivity index (χ1) is 8.44. The van der Waals surface area contributed by atoms with Gasteiger partial charge in [0.05, 0.1) is 6.54 Å². The molecule has 18 heavy (non-hydrogen) atoms. The average Bonchev–Trinajstić information content (AvgIpc) is 2.90. The van der Waals surface area contributed by atoms with Crippen LogP contribution in [0.4, 0.5) is 8.78 Å². The third-order valence-electron chi connectivity index (χ3n) is 2.91. The van der Waals surface area contributed by atoms with E-state index in [1.807, 2.05) is 0 Å². The van der Waals surface area contributed by atoms with E-state index in [2.05, 4.69) is 5.32 Å². The van der Waals surface area contributed by atoms with Crippen molar-refractivity contribution in [2.75, 3.05) is 0 Å². The number of carboxylic acids is 1. The largest absolute Gasteiger partial charge is 0.480 e. The number of nitrogens with zero attached hydrogens (tertiary/aromatic N) is 1. The molecule has 2 rings (SSSR count). The lowest BCUT2D eigenvalue weighted by Crippen LogP contribution is -2.43. The van der Waals surface area contributed by atoms with Crippen LogP contribution in [0.15, 0.2) is 18.3 Å². The van der Waals surface area contributed by atoms with Crippen LogP contribution in [0, 0.1) is 0 Å². The lowest BCUT2D eigenvalue weighted by molar-refractivity contribution is -0.140. The number of alkyl halides is 2. The summed E-state index contributed by atoms with van der Waals surface area (Å²) in [5.41, 5.74) is -1.17. The quantitative estimate of drug-likeness (QED) is 0.830. The molecular weight excluding hydrogens is 246 g/mol. The average molecular weight is 258 g/mol. The number of hydrogen-bond acceptors (Lipinski definition) is 2. The Labute approximate surface area is 101 Å². The van der Waals surface area contributed by atoms with Gasteiger partial charge in [-0.15, -0.1) is 0 Å². The zero-order chi connectivity index (χ0) is 13.3. The lowest BCUT2D eigenvalue weighted by Gasteiger charge is -2.14. The molecule has 1 heterocycles. The molecule has 0 unspecified atom stereocenters. The number of carboxylic acid groups (broad SMARTS) is 1. The van der Waals surface area contributed by atoms with Crippen molar-refractivity contribution in [2.24, 2.45) is 0 Å². The Bertz CT molecular complexity index is 480. The molecule has 0 aliphatic heterocycles. The van der Waals surface area contributed by atoms with Crippen LogP contribution in [0.1, 0.15) is 23.3 Å². The van der Waals surface area contributed by atoms with E-state index >= 15 is 0 Å². The highest BCUT2D eigenvalue weighted by Gasteiger charge is 2.51. The Morgan fingerprint density at radius 3 is 2.67 bits per heavy atom. The van der Waals surface area contributed by atoms with Gasteiger partial charge in [-0.3, -0.25) is 4.79 Å². The zero-order valence-corrected chi connectivity index (χ0v) is 9.40. The fourth-order valence-corrected chi connectivity index (χ4v) is 1.73. The second-order valence-electron chi connectivity index (χ2n) is 4.28. The van der Waals surface area contributed by atoms with Gasteiger partial charge in [0.15, 0.2) is 0 Å². The topological polar surface area (TPSA) is 71.3 Å². The van der Waals surface area contributed by atoms with Gasteiger partial charge in [0, 0.05) is 6.20 Å². The molecule has 98 valence electrons. The number of hydrogen-bond donors (Lipinski definition) is 2. The second kappa shape index (κ2) is 4.40. The molecule has 0 saturated heterocycles. The van der Waals surface area contributed by atoms with Gasteiger partial charge in [-0.05, 0) is 25.0 Å². The lowest BCUT2D eigenvalue weighted by atomic mass is 10.2. The number of amides is 1. The van der Waals surface area contributed by atoms with Gasteiger partial charge in [0.1, 0.15) is 11.2 Å². The Morgan fingerprint density at radius 2 is 2.17 bits per heavy atom. The third kappa shape index (κ3) is 2.34. The minimum Gasteiger partial charge on any atom is -0.480 e. The van der Waals surface area contributed by atoms with Gasteiger partial charge in [0.25, 0.3) is 12.3 Å². The number of rotatable bonds is 5. The van der Waals surface area contributed by atoms with Crippen molar-refractivity contribution in [1.82, 2.24) is 9.88 Å². The highest BCUT2D eigenvalue weighted by atomic mass is 19.3. The van der Waals surface area contributed by atoms with Gasteiger partial charge in [-0.1, -0.05) is 0 Å². The normalized spacial score (nSPS) is 16.6. The van der Waals surface area contributed by atoms with Crippen molar-refractivity contribution < 1.29 is 23.5 Å². The van der Waals surface area contributed by atoms with E-state index < -0.39 is 30.4 Å². The Hall–Kier alpha value is -1.92. The molecule has 1 aromatic heterocycles. The third-order valence-corrected chi connectivity index (χ3v) is 2.91. The summed E-state index contributed by atoms with van der Waals surface area (Å²) in [5, 5.41) is 11.3. The number of halogens is 2. The summed E-state index contributed by atoms with van der Waals surface area (Å²) in [4.78, 5) is 22.7. The Kier molecular flexibility index (Phi) is 3.06. The monoisotopic (exact) mass is 258 g/mol. The first-order valence-electron chi connectivity index (χ1n) is 5.44. The maximum absolute atomic E-state index is 12.3. The molecule has 0 spiro atoms. The summed E-state index contributed by atoms with van der Waals surface area (Å²) in [7, 11) is 0. The molecular formula is C11H12F2N2O3. The maximum Gasteiger partial charge on any atom is 0.329 e. The molecule has 0 aromatic carbocycles. The summed E-state index contributed by atoms with van der Waals surface area (Å²) in [5.74, 6) is -1.73. The van der Waals surface area contributed by atoms with E-state index in [4.69, 9.17) is 5.11 Å². The number of nitrogens with one attached hydrogen (secondary N) is 1. The van der Waals surface area contributed by atoms with Gasteiger partial charge >= 0.3 is 5.97 Å². The SMILES string of the molecule is O=C(NC1(C(=O)O)CC1)c1cccn1CC(F)F. The molecule has 1 amide bonds. The molecule has 1 aliphatic carbocycles. The predicted molar refractivity (Wildman–Crippen MR) is 57.5 cm³/mol. The van der Waals surface area contributed by atoms with Crippen LogP contribution in [-0.2, 0) is 11.3 Å². The van der Waals surface area contributed by atoms with E-state index in [0.717, 1.165) is 4.57 Å². The minimum absolute atomic E-state index is 0.0443. The predicted octanol–water partition coefficient (Wildman–Crippen LogP) is 1.10. The molecule has 0 atom stereocenters. The van der Waals surface area contributed by atoms with Gasteiger partial charge < -0.3 is 15.0 Å². The number of carbonyl (C=O) groups is 2. The summed E-state index contributed by atoms with van der Waals surface area (Å²) < 4.78 is 25.7. The Morgan fingerprint density at radius 1 is 1.50 bits per heavy atom. The fourth-order valence-electron chi connectivity index (χ4n) is 1.73. The highest BCUT2D eigenvalue weighted by Crippen LogP contribution is 2.35. The van der Waals surface area contributed by atoms with Crippen molar-refractivity contribution in [3.05, 3.63) is 24.0 Å². The van der Waals surface area contributed by atoms with Crippen molar-refractivity contribution in [3.63, 3.8) is 0 Å².